The molecule has 0 N–H and O–H groups in total. The third-order valence-electron chi connectivity index (χ3n) is 4.45. The van der Waals surface area contributed by atoms with Crippen molar-refractivity contribution in [1.29, 1.82) is 0 Å². The minimum atomic E-state index is -3.75. The van der Waals surface area contributed by atoms with E-state index in [2.05, 4.69) is 0 Å². The molecule has 0 radical (unpaired) electrons. The Hall–Kier alpha value is -3.05. The Labute approximate surface area is 166 Å². The number of non-ortho nitro benzene ring substituents is 1. The monoisotopic (exact) mass is 423 g/mol. The molecule has 0 bridgehead atoms. The summed E-state index contributed by atoms with van der Waals surface area (Å²) in [5.74, 6) is -0.518. The molecule has 29 heavy (non-hydrogen) atoms. The maximum atomic E-state index is 13.0. The number of rotatable bonds is 6. The fourth-order valence-corrected chi connectivity index (χ4v) is 4.26. The summed E-state index contributed by atoms with van der Waals surface area (Å²) in [5.41, 5.74) is -0.0813. The number of halogens is 1. The molecule has 154 valence electrons. The van der Waals surface area contributed by atoms with Gasteiger partial charge in [0.25, 0.3) is 11.6 Å². The van der Waals surface area contributed by atoms with Crippen LogP contribution < -0.4 is 4.74 Å². The van der Waals surface area contributed by atoms with E-state index in [-0.39, 0.29) is 49.3 Å². The highest BCUT2D eigenvalue weighted by Gasteiger charge is 2.30. The van der Waals surface area contributed by atoms with Gasteiger partial charge in [0.1, 0.15) is 11.6 Å². The lowest BCUT2D eigenvalue weighted by molar-refractivity contribution is -0.384. The summed E-state index contributed by atoms with van der Waals surface area (Å²) in [6.07, 6.45) is 0. The van der Waals surface area contributed by atoms with Crippen LogP contribution in [0.15, 0.2) is 53.4 Å². The molecule has 2 aromatic carbocycles. The molecule has 0 unspecified atom stereocenters. The largest absolute Gasteiger partial charge is 0.484 e. The summed E-state index contributed by atoms with van der Waals surface area (Å²) >= 11 is 0. The number of benzene rings is 2. The van der Waals surface area contributed by atoms with Crippen LogP contribution in [0.5, 0.6) is 5.75 Å². The summed E-state index contributed by atoms with van der Waals surface area (Å²) in [5, 5.41) is 10.6. The molecule has 0 atom stereocenters. The van der Waals surface area contributed by atoms with Crippen LogP contribution in [0.25, 0.3) is 0 Å². The lowest BCUT2D eigenvalue weighted by atomic mass is 10.3. The maximum absolute atomic E-state index is 13.0. The van der Waals surface area contributed by atoms with E-state index >= 15 is 0 Å². The van der Waals surface area contributed by atoms with Crippen molar-refractivity contribution in [2.75, 3.05) is 32.8 Å². The topological polar surface area (TPSA) is 110 Å². The van der Waals surface area contributed by atoms with Crippen LogP contribution in [0, 0.1) is 15.9 Å². The van der Waals surface area contributed by atoms with Gasteiger partial charge in [-0.3, -0.25) is 14.9 Å². The molecule has 3 rings (SSSR count). The molecular weight excluding hydrogens is 405 g/mol. The summed E-state index contributed by atoms with van der Waals surface area (Å²) < 4.78 is 44.8. The minimum absolute atomic E-state index is 0.000168. The molecule has 1 amide bonds. The molecule has 1 saturated heterocycles. The molecule has 0 saturated carbocycles. The first-order valence-corrected chi connectivity index (χ1v) is 10.1. The average molecular weight is 423 g/mol. The van der Waals surface area contributed by atoms with Gasteiger partial charge in [-0.2, -0.15) is 4.31 Å². The van der Waals surface area contributed by atoms with Gasteiger partial charge in [-0.05, 0) is 36.4 Å². The van der Waals surface area contributed by atoms with E-state index < -0.39 is 20.8 Å². The van der Waals surface area contributed by atoms with Crippen molar-refractivity contribution < 1.29 is 27.3 Å². The molecule has 1 heterocycles. The lowest BCUT2D eigenvalue weighted by Gasteiger charge is -2.33. The van der Waals surface area contributed by atoms with E-state index in [0.717, 1.165) is 12.1 Å². The van der Waals surface area contributed by atoms with Gasteiger partial charge in [0.05, 0.1) is 9.82 Å². The van der Waals surface area contributed by atoms with Crippen molar-refractivity contribution >= 4 is 21.6 Å². The van der Waals surface area contributed by atoms with Crippen molar-refractivity contribution in [1.82, 2.24) is 9.21 Å². The number of hydrogen-bond acceptors (Lipinski definition) is 6. The fraction of sp³-hybridized carbons (Fsp3) is 0.278. The van der Waals surface area contributed by atoms with Crippen LogP contribution in [0.4, 0.5) is 10.1 Å². The first-order valence-electron chi connectivity index (χ1n) is 8.68. The second kappa shape index (κ2) is 8.53. The Balaban J connectivity index is 1.52. The van der Waals surface area contributed by atoms with Gasteiger partial charge < -0.3 is 9.64 Å². The van der Waals surface area contributed by atoms with Crippen molar-refractivity contribution in [3.63, 3.8) is 0 Å². The average Bonchev–Trinajstić information content (AvgIpc) is 2.72. The van der Waals surface area contributed by atoms with Crippen LogP contribution in [0.3, 0.4) is 0 Å². The standard InChI is InChI=1S/C18H18FN3O6S/c19-14-1-7-17(8-2-14)29(26,27)21-11-9-20(10-12-21)18(23)13-28-16-5-3-15(4-6-16)22(24)25/h1-8H,9-13H2. The van der Waals surface area contributed by atoms with Crippen LogP contribution in [-0.4, -0.2) is 61.2 Å². The molecule has 0 aliphatic carbocycles. The first-order chi connectivity index (χ1) is 13.8. The normalized spacial score (nSPS) is 15.1. The van der Waals surface area contributed by atoms with Gasteiger partial charge in [-0.25, -0.2) is 12.8 Å². The van der Waals surface area contributed by atoms with E-state index in [1.54, 1.807) is 0 Å². The molecule has 1 aliphatic rings. The number of hydrogen-bond donors (Lipinski definition) is 0. The van der Waals surface area contributed by atoms with Crippen LogP contribution in [-0.2, 0) is 14.8 Å². The Morgan fingerprint density at radius 3 is 2.17 bits per heavy atom. The predicted octanol–water partition coefficient (Wildman–Crippen LogP) is 1.65. The molecular formula is C18H18FN3O6S. The first kappa shape index (κ1) is 20.7. The maximum Gasteiger partial charge on any atom is 0.269 e. The number of nitrogens with zero attached hydrogens (tertiary/aromatic N) is 3. The third-order valence-corrected chi connectivity index (χ3v) is 6.37. The zero-order valence-corrected chi connectivity index (χ0v) is 16.0. The molecule has 11 heteroatoms. The molecule has 2 aromatic rings. The summed E-state index contributed by atoms with van der Waals surface area (Å²) in [6, 6.07) is 9.94. The van der Waals surface area contributed by atoms with Crippen molar-refractivity contribution in [2.24, 2.45) is 0 Å². The van der Waals surface area contributed by atoms with E-state index in [4.69, 9.17) is 4.74 Å². The Kier molecular flexibility index (Phi) is 6.09. The van der Waals surface area contributed by atoms with Gasteiger partial charge in [0.2, 0.25) is 10.0 Å². The second-order valence-electron chi connectivity index (χ2n) is 6.28. The Morgan fingerprint density at radius 2 is 1.62 bits per heavy atom. The van der Waals surface area contributed by atoms with E-state index in [1.807, 2.05) is 0 Å². The summed E-state index contributed by atoms with van der Waals surface area (Å²) in [6.45, 7) is 0.361. The number of sulfonamides is 1. The van der Waals surface area contributed by atoms with E-state index in [9.17, 15) is 27.7 Å². The van der Waals surface area contributed by atoms with Crippen molar-refractivity contribution in [3.05, 3.63) is 64.5 Å². The molecule has 0 aromatic heterocycles. The van der Waals surface area contributed by atoms with E-state index in [1.165, 1.54) is 45.6 Å². The quantitative estimate of drug-likeness (QED) is 0.516. The number of ether oxygens (including phenoxy) is 1. The van der Waals surface area contributed by atoms with Crippen LogP contribution in [0.1, 0.15) is 0 Å². The Morgan fingerprint density at radius 1 is 1.03 bits per heavy atom. The Bertz CT molecular complexity index is 987. The highest BCUT2D eigenvalue weighted by atomic mass is 32.2. The highest BCUT2D eigenvalue weighted by Crippen LogP contribution is 2.19. The highest BCUT2D eigenvalue weighted by molar-refractivity contribution is 7.89. The summed E-state index contributed by atoms with van der Waals surface area (Å²) in [4.78, 5) is 23.9. The third kappa shape index (κ3) is 4.87. The van der Waals surface area contributed by atoms with E-state index in [0.29, 0.717) is 5.75 Å². The predicted molar refractivity (Wildman–Crippen MR) is 100 cm³/mol. The van der Waals surface area contributed by atoms with Crippen LogP contribution >= 0.6 is 0 Å². The zero-order valence-electron chi connectivity index (χ0n) is 15.2. The molecule has 1 aliphatic heterocycles. The SMILES string of the molecule is O=C(COc1ccc([N+](=O)[O-])cc1)N1CCN(S(=O)(=O)c2ccc(F)cc2)CC1. The molecule has 1 fully saturated rings. The number of carbonyl (C=O) groups is 1. The number of carbonyl (C=O) groups excluding carboxylic acids is 1. The van der Waals surface area contributed by atoms with Crippen molar-refractivity contribution in [2.45, 2.75) is 4.90 Å². The number of nitro benzene ring substituents is 1. The lowest BCUT2D eigenvalue weighted by Crippen LogP contribution is -2.51. The number of nitro groups is 1. The molecule has 9 nitrogen and oxygen atoms in total. The summed E-state index contributed by atoms with van der Waals surface area (Å²) in [7, 11) is -3.75. The van der Waals surface area contributed by atoms with Gasteiger partial charge in [0, 0.05) is 38.3 Å². The minimum Gasteiger partial charge on any atom is -0.484 e. The smallest absolute Gasteiger partial charge is 0.269 e. The van der Waals surface area contributed by atoms with Crippen LogP contribution in [0.2, 0.25) is 0 Å². The number of piperazine rings is 1. The van der Waals surface area contributed by atoms with Gasteiger partial charge in [-0.1, -0.05) is 0 Å². The van der Waals surface area contributed by atoms with Crippen molar-refractivity contribution in [3.8, 4) is 5.75 Å². The van der Waals surface area contributed by atoms with Gasteiger partial charge in [-0.15, -0.1) is 0 Å². The molecule has 0 spiro atoms. The fourth-order valence-electron chi connectivity index (χ4n) is 2.83. The number of amides is 1. The zero-order chi connectivity index (χ0) is 21.0. The second-order valence-corrected chi connectivity index (χ2v) is 8.22. The van der Waals surface area contributed by atoms with Gasteiger partial charge in [0.15, 0.2) is 6.61 Å². The van der Waals surface area contributed by atoms with Gasteiger partial charge >= 0.3 is 0 Å².